The molecule has 5 heteroatoms. The molecule has 0 saturated heterocycles. The van der Waals surface area contributed by atoms with E-state index in [1.807, 2.05) is 18.2 Å². The number of imidazole rings is 1. The highest BCUT2D eigenvalue weighted by Gasteiger charge is 2.00. The molecule has 0 saturated carbocycles. The minimum absolute atomic E-state index is 0.682. The van der Waals surface area contributed by atoms with Gasteiger partial charge in [0.15, 0.2) is 0 Å². The van der Waals surface area contributed by atoms with Gasteiger partial charge >= 0.3 is 0 Å². The van der Waals surface area contributed by atoms with E-state index in [0.717, 1.165) is 15.9 Å². The van der Waals surface area contributed by atoms with Crippen molar-refractivity contribution in [2.75, 3.05) is 5.32 Å². The third kappa shape index (κ3) is 2.73. The summed E-state index contributed by atoms with van der Waals surface area (Å²) >= 11 is 9.41. The highest BCUT2D eigenvalue weighted by Crippen LogP contribution is 2.25. The fourth-order valence-corrected chi connectivity index (χ4v) is 1.94. The van der Waals surface area contributed by atoms with Gasteiger partial charge in [0.25, 0.3) is 0 Å². The molecule has 0 fully saturated rings. The predicted molar refractivity (Wildman–Crippen MR) is 65.1 cm³/mol. The Labute approximate surface area is 101 Å². The van der Waals surface area contributed by atoms with Crippen molar-refractivity contribution >= 4 is 33.2 Å². The zero-order valence-corrected chi connectivity index (χ0v) is 10.1. The van der Waals surface area contributed by atoms with Crippen LogP contribution in [0.1, 0.15) is 5.69 Å². The van der Waals surface area contributed by atoms with E-state index >= 15 is 0 Å². The summed E-state index contributed by atoms with van der Waals surface area (Å²) in [6.07, 6.45) is 3.43. The maximum atomic E-state index is 6.05. The lowest BCUT2D eigenvalue weighted by Gasteiger charge is -2.07. The van der Waals surface area contributed by atoms with E-state index in [9.17, 15) is 0 Å². The molecule has 0 aliphatic heterocycles. The van der Waals surface area contributed by atoms with Gasteiger partial charge in [-0.25, -0.2) is 4.98 Å². The lowest BCUT2D eigenvalue weighted by atomic mass is 10.3. The number of rotatable bonds is 3. The van der Waals surface area contributed by atoms with Crippen LogP contribution in [0.25, 0.3) is 0 Å². The Morgan fingerprint density at radius 1 is 1.47 bits per heavy atom. The standard InChI is InChI=1S/C10H9BrClN3/c11-7-1-2-10(9(12)3-7)14-5-8-4-13-6-15-8/h1-4,6,14H,5H2,(H,13,15). The molecule has 78 valence electrons. The van der Waals surface area contributed by atoms with Crippen molar-refractivity contribution in [3.8, 4) is 0 Å². The van der Waals surface area contributed by atoms with Crippen LogP contribution in [0.3, 0.4) is 0 Å². The predicted octanol–water partition coefficient (Wildman–Crippen LogP) is 3.44. The van der Waals surface area contributed by atoms with Crippen LogP contribution in [0.4, 0.5) is 5.69 Å². The van der Waals surface area contributed by atoms with Gasteiger partial charge in [-0.05, 0) is 18.2 Å². The van der Waals surface area contributed by atoms with E-state index in [4.69, 9.17) is 11.6 Å². The number of aromatic nitrogens is 2. The molecular weight excluding hydrogens is 277 g/mol. The number of nitrogens with one attached hydrogen (secondary N) is 2. The minimum Gasteiger partial charge on any atom is -0.378 e. The second kappa shape index (κ2) is 4.68. The summed E-state index contributed by atoms with van der Waals surface area (Å²) in [5, 5.41) is 3.92. The first-order valence-corrected chi connectivity index (χ1v) is 5.59. The Kier molecular flexibility index (Phi) is 3.28. The molecule has 0 aliphatic carbocycles. The van der Waals surface area contributed by atoms with Gasteiger partial charge in [0.05, 0.1) is 29.3 Å². The number of benzene rings is 1. The minimum atomic E-state index is 0.682. The first kappa shape index (κ1) is 10.5. The summed E-state index contributed by atoms with van der Waals surface area (Å²) in [6.45, 7) is 0.682. The Balaban J connectivity index is 2.05. The largest absolute Gasteiger partial charge is 0.378 e. The van der Waals surface area contributed by atoms with E-state index in [2.05, 4.69) is 31.2 Å². The molecule has 0 spiro atoms. The molecule has 0 bridgehead atoms. The van der Waals surface area contributed by atoms with Crippen molar-refractivity contribution in [3.63, 3.8) is 0 Å². The zero-order valence-electron chi connectivity index (χ0n) is 7.80. The van der Waals surface area contributed by atoms with E-state index in [0.29, 0.717) is 11.6 Å². The molecule has 2 aromatic rings. The maximum Gasteiger partial charge on any atom is 0.0922 e. The van der Waals surface area contributed by atoms with Crippen molar-refractivity contribution in [1.82, 2.24) is 9.97 Å². The molecule has 2 rings (SSSR count). The highest BCUT2D eigenvalue weighted by molar-refractivity contribution is 9.10. The van der Waals surface area contributed by atoms with Gasteiger partial charge in [0.1, 0.15) is 0 Å². The normalized spacial score (nSPS) is 10.3. The van der Waals surface area contributed by atoms with Crippen molar-refractivity contribution < 1.29 is 0 Å². The van der Waals surface area contributed by atoms with Crippen LogP contribution >= 0.6 is 27.5 Å². The maximum absolute atomic E-state index is 6.05. The molecule has 0 unspecified atom stereocenters. The van der Waals surface area contributed by atoms with Gasteiger partial charge in [0, 0.05) is 10.7 Å². The van der Waals surface area contributed by atoms with Gasteiger partial charge in [-0.15, -0.1) is 0 Å². The first-order chi connectivity index (χ1) is 7.25. The average Bonchev–Trinajstić information content (AvgIpc) is 2.69. The molecule has 2 N–H and O–H groups in total. The summed E-state index contributed by atoms with van der Waals surface area (Å²) in [5.74, 6) is 0. The van der Waals surface area contributed by atoms with E-state index < -0.39 is 0 Å². The summed E-state index contributed by atoms with van der Waals surface area (Å²) in [6, 6.07) is 5.74. The quantitative estimate of drug-likeness (QED) is 0.907. The van der Waals surface area contributed by atoms with Crippen LogP contribution in [0, 0.1) is 0 Å². The number of hydrogen-bond donors (Lipinski definition) is 2. The summed E-state index contributed by atoms with van der Waals surface area (Å²) in [7, 11) is 0. The van der Waals surface area contributed by atoms with Crippen molar-refractivity contribution in [3.05, 3.63) is 45.9 Å². The van der Waals surface area contributed by atoms with Gasteiger partial charge in [0.2, 0.25) is 0 Å². The van der Waals surface area contributed by atoms with Gasteiger partial charge < -0.3 is 10.3 Å². The second-order valence-electron chi connectivity index (χ2n) is 3.05. The molecule has 0 aliphatic rings. The van der Waals surface area contributed by atoms with Crippen LogP contribution in [0.15, 0.2) is 35.2 Å². The molecule has 1 aromatic heterocycles. The van der Waals surface area contributed by atoms with Crippen molar-refractivity contribution in [2.45, 2.75) is 6.54 Å². The third-order valence-electron chi connectivity index (χ3n) is 1.96. The van der Waals surface area contributed by atoms with E-state index in [1.54, 1.807) is 12.5 Å². The molecule has 3 nitrogen and oxygen atoms in total. The Morgan fingerprint density at radius 2 is 2.33 bits per heavy atom. The number of aromatic amines is 1. The fourth-order valence-electron chi connectivity index (χ4n) is 1.20. The average molecular weight is 287 g/mol. The van der Waals surface area contributed by atoms with Crippen molar-refractivity contribution in [2.24, 2.45) is 0 Å². The number of halogens is 2. The molecule has 1 aromatic carbocycles. The number of nitrogens with zero attached hydrogens (tertiary/aromatic N) is 1. The van der Waals surface area contributed by atoms with E-state index in [-0.39, 0.29) is 0 Å². The highest BCUT2D eigenvalue weighted by atomic mass is 79.9. The SMILES string of the molecule is Clc1cc(Br)ccc1NCc1cnc[nH]1. The molecular formula is C10H9BrClN3. The van der Waals surface area contributed by atoms with Gasteiger partial charge in [-0.1, -0.05) is 27.5 Å². The lowest BCUT2D eigenvalue weighted by molar-refractivity contribution is 1.07. The smallest absolute Gasteiger partial charge is 0.0922 e. The summed E-state index contributed by atoms with van der Waals surface area (Å²) in [4.78, 5) is 6.95. The van der Waals surface area contributed by atoms with Crippen LogP contribution < -0.4 is 5.32 Å². The molecule has 15 heavy (non-hydrogen) atoms. The monoisotopic (exact) mass is 285 g/mol. The van der Waals surface area contributed by atoms with Crippen LogP contribution in [-0.4, -0.2) is 9.97 Å². The number of hydrogen-bond acceptors (Lipinski definition) is 2. The fraction of sp³-hybridized carbons (Fsp3) is 0.100. The van der Waals surface area contributed by atoms with Gasteiger partial charge in [-0.3, -0.25) is 0 Å². The zero-order chi connectivity index (χ0) is 10.7. The van der Waals surface area contributed by atoms with Crippen LogP contribution in [0.5, 0.6) is 0 Å². The summed E-state index contributed by atoms with van der Waals surface area (Å²) < 4.78 is 0.972. The van der Waals surface area contributed by atoms with E-state index in [1.165, 1.54) is 0 Å². The third-order valence-corrected chi connectivity index (χ3v) is 2.76. The summed E-state index contributed by atoms with van der Waals surface area (Å²) in [5.41, 5.74) is 1.93. The topological polar surface area (TPSA) is 40.7 Å². The number of H-pyrrole nitrogens is 1. The first-order valence-electron chi connectivity index (χ1n) is 4.42. The van der Waals surface area contributed by atoms with Crippen molar-refractivity contribution in [1.29, 1.82) is 0 Å². The lowest BCUT2D eigenvalue weighted by Crippen LogP contribution is -1.99. The second-order valence-corrected chi connectivity index (χ2v) is 4.38. The van der Waals surface area contributed by atoms with Crippen LogP contribution in [0.2, 0.25) is 5.02 Å². The molecule has 1 heterocycles. The Morgan fingerprint density at radius 3 is 3.00 bits per heavy atom. The van der Waals surface area contributed by atoms with Gasteiger partial charge in [-0.2, -0.15) is 0 Å². The number of anilines is 1. The van der Waals surface area contributed by atoms with Crippen LogP contribution in [-0.2, 0) is 6.54 Å². The Bertz CT molecular complexity index is 442. The molecule has 0 radical (unpaired) electrons. The Hall–Kier alpha value is -1.00. The molecule has 0 amide bonds. The molecule has 0 atom stereocenters.